The zero-order valence-electron chi connectivity index (χ0n) is 21.8. The van der Waals surface area contributed by atoms with Gasteiger partial charge in [0.1, 0.15) is 25.9 Å². The van der Waals surface area contributed by atoms with Crippen LogP contribution in [0.2, 0.25) is 0 Å². The van der Waals surface area contributed by atoms with Gasteiger partial charge in [0.15, 0.2) is 23.0 Å². The van der Waals surface area contributed by atoms with Crippen LogP contribution >= 0.6 is 0 Å². The molecule has 3 heterocycles. The largest absolute Gasteiger partial charge is 0.486 e. The van der Waals surface area contributed by atoms with Gasteiger partial charge < -0.3 is 14.4 Å². The highest BCUT2D eigenvalue weighted by Gasteiger charge is 2.38. The van der Waals surface area contributed by atoms with Crippen LogP contribution in [0.25, 0.3) is 0 Å². The minimum absolute atomic E-state index is 0.0174. The fraction of sp³-hybridized carbons (Fsp3) is 0.188. The van der Waals surface area contributed by atoms with Crippen molar-refractivity contribution in [1.82, 2.24) is 9.58 Å². The highest BCUT2D eigenvalue weighted by Crippen LogP contribution is 2.38. The molecule has 0 fully saturated rings. The Morgan fingerprint density at radius 3 is 2.48 bits per heavy atom. The Labute approximate surface area is 231 Å². The monoisotopic (exact) mass is 537 g/mol. The van der Waals surface area contributed by atoms with Gasteiger partial charge in [0.25, 0.3) is 5.91 Å². The third-order valence-corrected chi connectivity index (χ3v) is 7.10. The number of nitrogens with zero attached hydrogens (tertiary/aromatic N) is 3. The lowest BCUT2D eigenvalue weighted by Crippen LogP contribution is -2.55. The molecule has 0 spiro atoms. The Hall–Kier alpha value is -4.85. The number of rotatable bonds is 4. The molecule has 1 amide bonds. The van der Waals surface area contributed by atoms with Gasteiger partial charge in [0.05, 0.1) is 0 Å². The number of para-hydroxylation sites is 1. The van der Waals surface area contributed by atoms with Crippen molar-refractivity contribution in [3.8, 4) is 11.5 Å². The number of benzene rings is 3. The van der Waals surface area contributed by atoms with Crippen LogP contribution in [-0.4, -0.2) is 35.3 Å². The molecule has 0 saturated carbocycles. The lowest BCUT2D eigenvalue weighted by atomic mass is 9.96. The first-order valence-electron chi connectivity index (χ1n) is 13.2. The Kier molecular flexibility index (Phi) is 7.06. The van der Waals surface area contributed by atoms with Gasteiger partial charge in [-0.05, 0) is 23.6 Å². The maximum absolute atomic E-state index is 15.2. The maximum Gasteiger partial charge on any atom is 0.277 e. The van der Waals surface area contributed by atoms with Gasteiger partial charge in [-0.15, -0.1) is 0 Å². The van der Waals surface area contributed by atoms with Crippen LogP contribution in [0.15, 0.2) is 108 Å². The number of pyridine rings is 1. The van der Waals surface area contributed by atoms with Gasteiger partial charge in [0.2, 0.25) is 5.43 Å². The molecule has 8 heteroatoms. The molecule has 0 radical (unpaired) electrons. The van der Waals surface area contributed by atoms with E-state index >= 15 is 4.39 Å². The second-order valence-electron chi connectivity index (χ2n) is 9.67. The van der Waals surface area contributed by atoms with Gasteiger partial charge in [0, 0.05) is 24.4 Å². The van der Waals surface area contributed by atoms with E-state index in [0.29, 0.717) is 18.5 Å². The zero-order chi connectivity index (χ0) is 27.5. The van der Waals surface area contributed by atoms with Gasteiger partial charge in [-0.2, -0.15) is 0 Å². The molecule has 1 atom stereocenters. The average molecular weight is 538 g/mol. The first-order chi connectivity index (χ1) is 19.6. The molecular weight excluding hydrogens is 509 g/mol. The van der Waals surface area contributed by atoms with Crippen molar-refractivity contribution in [2.24, 2.45) is 0 Å². The SMILES string of the molecule is O=C1c2c(OCc3ccccc3)c(=O)ccn2N2CN1CCC=CCOc1c(F)cccc1[C@@H]2c1ccccc1. The minimum atomic E-state index is -0.547. The molecule has 1 aromatic heterocycles. The number of fused-ring (bicyclic) bond motifs is 5. The van der Waals surface area contributed by atoms with Crippen molar-refractivity contribution in [1.29, 1.82) is 0 Å². The van der Waals surface area contributed by atoms with Crippen LogP contribution in [0.3, 0.4) is 0 Å². The van der Waals surface area contributed by atoms with Gasteiger partial charge in [-0.25, -0.2) is 4.39 Å². The predicted molar refractivity (Wildman–Crippen MR) is 150 cm³/mol. The predicted octanol–water partition coefficient (Wildman–Crippen LogP) is 5.05. The van der Waals surface area contributed by atoms with E-state index in [0.717, 1.165) is 11.1 Å². The number of ether oxygens (including phenoxy) is 2. The third kappa shape index (κ3) is 4.84. The summed E-state index contributed by atoms with van der Waals surface area (Å²) in [5, 5.41) is 1.95. The topological polar surface area (TPSA) is 64.0 Å². The molecule has 2 aliphatic heterocycles. The normalized spacial score (nSPS) is 16.7. The lowest BCUT2D eigenvalue weighted by Gasteiger charge is -2.44. The molecule has 2 bridgehead atoms. The summed E-state index contributed by atoms with van der Waals surface area (Å²) in [5.74, 6) is -0.643. The van der Waals surface area contributed by atoms with E-state index in [1.54, 1.807) is 21.8 Å². The van der Waals surface area contributed by atoms with Gasteiger partial charge in [-0.1, -0.05) is 84.9 Å². The summed E-state index contributed by atoms with van der Waals surface area (Å²) in [5.41, 5.74) is 2.10. The van der Waals surface area contributed by atoms with Gasteiger partial charge >= 0.3 is 0 Å². The smallest absolute Gasteiger partial charge is 0.277 e. The number of carbonyl (C=O) groups is 1. The van der Waals surface area contributed by atoms with E-state index in [2.05, 4.69) is 0 Å². The molecule has 6 rings (SSSR count). The standard InChI is InChI=1S/C32H28FN3O4/c33-26-16-10-15-25-28(24-13-6-2-7-14-24)36-22-34(18-8-3-9-20-39-30(25)26)32(38)29-31(27(37)17-19-35(29)36)40-21-23-11-4-1-5-12-23/h1-7,9-17,19,28H,8,18,20-22H2/t28-/m0/s1. The van der Waals surface area contributed by atoms with E-state index in [1.165, 1.54) is 12.1 Å². The molecule has 0 N–H and O–H groups in total. The molecule has 202 valence electrons. The van der Waals surface area contributed by atoms with Crippen LogP contribution in [-0.2, 0) is 6.61 Å². The number of amides is 1. The number of hydrogen-bond acceptors (Lipinski definition) is 5. The van der Waals surface area contributed by atoms with Crippen molar-refractivity contribution in [2.75, 3.05) is 24.8 Å². The van der Waals surface area contributed by atoms with Crippen molar-refractivity contribution < 1.29 is 18.7 Å². The van der Waals surface area contributed by atoms with E-state index in [9.17, 15) is 9.59 Å². The number of aromatic nitrogens is 1. The molecule has 0 unspecified atom stereocenters. The number of halogens is 1. The van der Waals surface area contributed by atoms with Crippen LogP contribution < -0.4 is 19.9 Å². The Morgan fingerprint density at radius 1 is 0.900 bits per heavy atom. The highest BCUT2D eigenvalue weighted by molar-refractivity contribution is 5.96. The van der Waals surface area contributed by atoms with E-state index in [-0.39, 0.29) is 48.4 Å². The van der Waals surface area contributed by atoms with Crippen LogP contribution in [0.4, 0.5) is 4.39 Å². The second-order valence-corrected chi connectivity index (χ2v) is 9.67. The molecule has 0 saturated heterocycles. The van der Waals surface area contributed by atoms with E-state index in [1.807, 2.05) is 83.9 Å². The summed E-state index contributed by atoms with van der Waals surface area (Å²) in [6.07, 6.45) is 5.90. The third-order valence-electron chi connectivity index (χ3n) is 7.10. The lowest BCUT2D eigenvalue weighted by molar-refractivity contribution is 0.0679. The minimum Gasteiger partial charge on any atom is -0.486 e. The molecule has 3 aromatic carbocycles. The summed E-state index contributed by atoms with van der Waals surface area (Å²) in [4.78, 5) is 28.8. The summed E-state index contributed by atoms with van der Waals surface area (Å²) < 4.78 is 28.9. The quantitative estimate of drug-likeness (QED) is 0.341. The van der Waals surface area contributed by atoms with Crippen molar-refractivity contribution >= 4 is 5.91 Å². The summed E-state index contributed by atoms with van der Waals surface area (Å²) in [6, 6.07) is 24.9. The Bertz CT molecular complexity index is 1600. The van der Waals surface area contributed by atoms with Crippen molar-refractivity contribution in [3.05, 3.63) is 142 Å². The Morgan fingerprint density at radius 2 is 1.68 bits per heavy atom. The van der Waals surface area contributed by atoms with Gasteiger partial charge in [-0.3, -0.25) is 19.3 Å². The summed E-state index contributed by atoms with van der Waals surface area (Å²) >= 11 is 0. The van der Waals surface area contributed by atoms with E-state index in [4.69, 9.17) is 9.47 Å². The molecule has 2 aliphatic rings. The first-order valence-corrected chi connectivity index (χ1v) is 13.2. The fourth-order valence-corrected chi connectivity index (χ4v) is 5.21. The molecule has 0 aliphatic carbocycles. The van der Waals surface area contributed by atoms with E-state index < -0.39 is 11.9 Å². The van der Waals surface area contributed by atoms with Crippen molar-refractivity contribution in [2.45, 2.75) is 19.1 Å². The summed E-state index contributed by atoms with van der Waals surface area (Å²) in [7, 11) is 0. The summed E-state index contributed by atoms with van der Waals surface area (Å²) in [6.45, 7) is 0.956. The first kappa shape index (κ1) is 25.4. The van der Waals surface area contributed by atoms with Crippen LogP contribution in [0.5, 0.6) is 11.5 Å². The maximum atomic E-state index is 15.2. The van der Waals surface area contributed by atoms with Crippen LogP contribution in [0, 0.1) is 5.82 Å². The van der Waals surface area contributed by atoms with Crippen LogP contribution in [0.1, 0.15) is 39.6 Å². The van der Waals surface area contributed by atoms with Crippen molar-refractivity contribution in [3.63, 3.8) is 0 Å². The molecule has 7 nitrogen and oxygen atoms in total. The second kappa shape index (κ2) is 11.1. The zero-order valence-corrected chi connectivity index (χ0v) is 21.8. The Balaban J connectivity index is 1.55. The molecule has 40 heavy (non-hydrogen) atoms. The molecular formula is C32H28FN3O4. The molecule has 4 aromatic rings. The number of carbonyl (C=O) groups excluding carboxylic acids is 1. The highest BCUT2D eigenvalue weighted by atomic mass is 19.1. The fourth-order valence-electron chi connectivity index (χ4n) is 5.21. The number of hydrogen-bond donors (Lipinski definition) is 0. The average Bonchev–Trinajstić information content (AvgIpc) is 2.97.